The third-order valence-corrected chi connectivity index (χ3v) is 4.13. The summed E-state index contributed by atoms with van der Waals surface area (Å²) in [5, 5.41) is 5.62. The lowest BCUT2D eigenvalue weighted by atomic mass is 10.1. The number of benzene rings is 2. The summed E-state index contributed by atoms with van der Waals surface area (Å²) in [7, 11) is 0. The average Bonchev–Trinajstić information content (AvgIpc) is 2.57. The number of hydrogen-bond acceptors (Lipinski definition) is 3. The predicted octanol–water partition coefficient (Wildman–Crippen LogP) is 5.34. The third-order valence-electron chi connectivity index (χ3n) is 3.36. The van der Waals surface area contributed by atoms with Gasteiger partial charge in [0, 0.05) is 10.0 Å². The van der Waals surface area contributed by atoms with Crippen LogP contribution in [0, 0.1) is 0 Å². The van der Waals surface area contributed by atoms with Gasteiger partial charge < -0.3 is 4.74 Å². The average molecular weight is 400 g/mol. The van der Waals surface area contributed by atoms with E-state index < -0.39 is 6.10 Å². The van der Waals surface area contributed by atoms with Gasteiger partial charge in [0.15, 0.2) is 6.10 Å². The number of amides is 1. The van der Waals surface area contributed by atoms with E-state index in [2.05, 4.69) is 10.5 Å². The van der Waals surface area contributed by atoms with Crippen LogP contribution in [0.25, 0.3) is 0 Å². The van der Waals surface area contributed by atoms with Crippen LogP contribution in [0.5, 0.6) is 5.75 Å². The van der Waals surface area contributed by atoms with Crippen molar-refractivity contribution in [3.63, 3.8) is 0 Å². The van der Waals surface area contributed by atoms with E-state index in [0.717, 1.165) is 5.56 Å². The van der Waals surface area contributed by atoms with Crippen molar-refractivity contribution in [2.24, 2.45) is 5.10 Å². The lowest BCUT2D eigenvalue weighted by molar-refractivity contribution is -0.127. The molecule has 0 saturated heterocycles. The molecule has 25 heavy (non-hydrogen) atoms. The molecule has 0 saturated carbocycles. The van der Waals surface area contributed by atoms with Crippen LogP contribution in [0.3, 0.4) is 0 Å². The van der Waals surface area contributed by atoms with Gasteiger partial charge in [-0.2, -0.15) is 5.10 Å². The normalized spacial score (nSPS) is 12.6. The molecule has 0 aliphatic rings. The van der Waals surface area contributed by atoms with Crippen LogP contribution < -0.4 is 10.2 Å². The van der Waals surface area contributed by atoms with E-state index in [9.17, 15) is 4.79 Å². The Hall–Kier alpha value is -1.75. The van der Waals surface area contributed by atoms with E-state index in [1.807, 2.05) is 19.1 Å². The largest absolute Gasteiger partial charge is 0.479 e. The van der Waals surface area contributed by atoms with Gasteiger partial charge in [-0.15, -0.1) is 0 Å². The SMILES string of the molecule is CC/C(=N\NC(=O)C(C)Oc1ccc(Cl)cc1Cl)c1cccc(Cl)c1. The van der Waals surface area contributed by atoms with E-state index in [1.54, 1.807) is 37.3 Å². The summed E-state index contributed by atoms with van der Waals surface area (Å²) in [6.07, 6.45) is -0.140. The second-order valence-electron chi connectivity index (χ2n) is 5.23. The lowest BCUT2D eigenvalue weighted by Crippen LogP contribution is -2.34. The second kappa shape index (κ2) is 9.09. The zero-order chi connectivity index (χ0) is 18.4. The second-order valence-corrected chi connectivity index (χ2v) is 6.51. The van der Waals surface area contributed by atoms with E-state index in [-0.39, 0.29) is 5.91 Å². The summed E-state index contributed by atoms with van der Waals surface area (Å²) in [5.74, 6) is -0.0118. The highest BCUT2D eigenvalue weighted by atomic mass is 35.5. The predicted molar refractivity (Wildman–Crippen MR) is 103 cm³/mol. The molecule has 0 aliphatic heterocycles. The molecular weight excluding hydrogens is 383 g/mol. The van der Waals surface area contributed by atoms with Crippen LogP contribution in [0.2, 0.25) is 15.1 Å². The number of ether oxygens (including phenoxy) is 1. The Morgan fingerprint density at radius 3 is 2.52 bits per heavy atom. The van der Waals surface area contributed by atoms with Gasteiger partial charge >= 0.3 is 0 Å². The molecule has 0 heterocycles. The Labute approximate surface area is 161 Å². The van der Waals surface area contributed by atoms with Crippen molar-refractivity contribution in [1.82, 2.24) is 5.43 Å². The Morgan fingerprint density at radius 1 is 1.16 bits per heavy atom. The third kappa shape index (κ3) is 5.63. The Bertz CT molecular complexity index is 794. The highest BCUT2D eigenvalue weighted by molar-refractivity contribution is 6.35. The van der Waals surface area contributed by atoms with Crippen molar-refractivity contribution in [2.45, 2.75) is 26.4 Å². The van der Waals surface area contributed by atoms with Gasteiger partial charge in [0.05, 0.1) is 10.7 Å². The fourth-order valence-corrected chi connectivity index (χ4v) is 2.69. The molecule has 2 aromatic carbocycles. The minimum atomic E-state index is -0.778. The van der Waals surface area contributed by atoms with Crippen LogP contribution in [0.15, 0.2) is 47.6 Å². The molecule has 0 bridgehead atoms. The molecule has 0 aliphatic carbocycles. The van der Waals surface area contributed by atoms with Gasteiger partial charge in [-0.25, -0.2) is 5.43 Å². The molecule has 0 spiro atoms. The van der Waals surface area contributed by atoms with Crippen LogP contribution in [0.1, 0.15) is 25.8 Å². The minimum Gasteiger partial charge on any atom is -0.479 e. The molecule has 1 unspecified atom stereocenters. The summed E-state index contributed by atoms with van der Waals surface area (Å²) in [6.45, 7) is 3.56. The van der Waals surface area contributed by atoms with Crippen LogP contribution in [-0.2, 0) is 4.79 Å². The molecule has 1 N–H and O–H groups in total. The fourth-order valence-electron chi connectivity index (χ4n) is 2.04. The summed E-state index contributed by atoms with van der Waals surface area (Å²) in [5.41, 5.74) is 4.08. The zero-order valence-electron chi connectivity index (χ0n) is 13.7. The van der Waals surface area contributed by atoms with Crippen molar-refractivity contribution in [2.75, 3.05) is 0 Å². The van der Waals surface area contributed by atoms with E-state index in [1.165, 1.54) is 0 Å². The topological polar surface area (TPSA) is 50.7 Å². The first kappa shape index (κ1) is 19.6. The molecule has 2 aromatic rings. The maximum Gasteiger partial charge on any atom is 0.280 e. The van der Waals surface area contributed by atoms with Gasteiger partial charge in [-0.05, 0) is 49.2 Å². The van der Waals surface area contributed by atoms with Crippen LogP contribution in [-0.4, -0.2) is 17.7 Å². The Balaban J connectivity index is 2.04. The number of hydrogen-bond donors (Lipinski definition) is 1. The lowest BCUT2D eigenvalue weighted by Gasteiger charge is -2.14. The molecule has 4 nitrogen and oxygen atoms in total. The van der Waals surface area contributed by atoms with Gasteiger partial charge in [0.1, 0.15) is 5.75 Å². The number of halogens is 3. The Kier molecular flexibility index (Phi) is 7.12. The number of carbonyl (C=O) groups is 1. The zero-order valence-corrected chi connectivity index (χ0v) is 16.0. The van der Waals surface area contributed by atoms with Gasteiger partial charge in [-0.3, -0.25) is 4.79 Å². The standard InChI is InChI=1S/C18H17Cl3N2O2/c1-3-16(12-5-4-6-13(19)9-12)22-23-18(24)11(2)25-17-8-7-14(20)10-15(17)21/h4-11H,3H2,1-2H3,(H,23,24)/b22-16+. The highest BCUT2D eigenvalue weighted by Gasteiger charge is 2.16. The van der Waals surface area contributed by atoms with Gasteiger partial charge in [0.2, 0.25) is 0 Å². The highest BCUT2D eigenvalue weighted by Crippen LogP contribution is 2.28. The summed E-state index contributed by atoms with van der Waals surface area (Å²) >= 11 is 17.9. The van der Waals surface area contributed by atoms with Crippen molar-refractivity contribution in [3.8, 4) is 5.75 Å². The summed E-state index contributed by atoms with van der Waals surface area (Å²) in [4.78, 5) is 12.2. The Morgan fingerprint density at radius 2 is 1.88 bits per heavy atom. The first-order chi connectivity index (χ1) is 11.9. The molecule has 1 amide bonds. The van der Waals surface area contributed by atoms with Crippen molar-refractivity contribution in [1.29, 1.82) is 0 Å². The summed E-state index contributed by atoms with van der Waals surface area (Å²) in [6, 6.07) is 12.1. The van der Waals surface area contributed by atoms with Crippen molar-refractivity contribution >= 4 is 46.4 Å². The van der Waals surface area contributed by atoms with E-state index in [0.29, 0.717) is 32.9 Å². The number of carbonyl (C=O) groups excluding carboxylic acids is 1. The smallest absolute Gasteiger partial charge is 0.280 e. The summed E-state index contributed by atoms with van der Waals surface area (Å²) < 4.78 is 5.56. The van der Waals surface area contributed by atoms with Gasteiger partial charge in [0.25, 0.3) is 5.91 Å². The maximum absolute atomic E-state index is 12.2. The van der Waals surface area contributed by atoms with Gasteiger partial charge in [-0.1, -0.05) is 53.9 Å². The van der Waals surface area contributed by atoms with Crippen LogP contribution >= 0.6 is 34.8 Å². The molecular formula is C18H17Cl3N2O2. The minimum absolute atomic E-state index is 0.337. The first-order valence-corrected chi connectivity index (χ1v) is 8.78. The molecule has 0 fully saturated rings. The van der Waals surface area contributed by atoms with E-state index in [4.69, 9.17) is 39.5 Å². The molecule has 0 radical (unpaired) electrons. The molecule has 0 aromatic heterocycles. The maximum atomic E-state index is 12.2. The molecule has 1 atom stereocenters. The molecule has 7 heteroatoms. The van der Waals surface area contributed by atoms with Crippen molar-refractivity contribution < 1.29 is 9.53 Å². The number of nitrogens with zero attached hydrogens (tertiary/aromatic N) is 1. The fraction of sp³-hybridized carbons (Fsp3) is 0.222. The number of hydrazone groups is 1. The molecule has 2 rings (SSSR count). The quantitative estimate of drug-likeness (QED) is 0.526. The molecule has 132 valence electrons. The monoisotopic (exact) mass is 398 g/mol. The first-order valence-electron chi connectivity index (χ1n) is 7.64. The number of nitrogens with one attached hydrogen (secondary N) is 1. The van der Waals surface area contributed by atoms with Crippen molar-refractivity contribution in [3.05, 3.63) is 63.1 Å². The van der Waals surface area contributed by atoms with E-state index >= 15 is 0 Å². The van der Waals surface area contributed by atoms with Crippen LogP contribution in [0.4, 0.5) is 0 Å². The number of rotatable bonds is 6.